The summed E-state index contributed by atoms with van der Waals surface area (Å²) in [5, 5.41) is 3.50. The van der Waals surface area contributed by atoms with Gasteiger partial charge in [-0.05, 0) is 49.3 Å². The minimum Gasteiger partial charge on any atom is -0.497 e. The van der Waals surface area contributed by atoms with Crippen LogP contribution in [0, 0.1) is 5.92 Å². The van der Waals surface area contributed by atoms with E-state index in [4.69, 9.17) is 4.74 Å². The van der Waals surface area contributed by atoms with Crippen molar-refractivity contribution < 1.29 is 4.74 Å². The maximum Gasteiger partial charge on any atom is 0.193 e. The second-order valence-corrected chi connectivity index (χ2v) is 6.10. The summed E-state index contributed by atoms with van der Waals surface area (Å²) >= 11 is 0. The molecule has 1 aromatic carbocycles. The molecule has 1 fully saturated rings. The van der Waals surface area contributed by atoms with Crippen molar-refractivity contribution in [2.24, 2.45) is 10.9 Å². The third kappa shape index (κ3) is 4.93. The summed E-state index contributed by atoms with van der Waals surface area (Å²) in [5.41, 5.74) is 1.35. The molecule has 0 spiro atoms. The van der Waals surface area contributed by atoms with Crippen molar-refractivity contribution in [1.29, 1.82) is 0 Å². The van der Waals surface area contributed by atoms with E-state index in [9.17, 15) is 0 Å². The van der Waals surface area contributed by atoms with Gasteiger partial charge in [-0.2, -0.15) is 0 Å². The van der Waals surface area contributed by atoms with E-state index < -0.39 is 0 Å². The van der Waals surface area contributed by atoms with Gasteiger partial charge in [0.05, 0.1) is 7.11 Å². The minimum absolute atomic E-state index is 0.851. The van der Waals surface area contributed by atoms with Crippen molar-refractivity contribution in [2.45, 2.75) is 32.6 Å². The topological polar surface area (TPSA) is 36.9 Å². The lowest BCUT2D eigenvalue weighted by Gasteiger charge is -2.32. The van der Waals surface area contributed by atoms with Crippen LogP contribution in [0.1, 0.15) is 31.7 Å². The Hall–Kier alpha value is -1.71. The monoisotopic (exact) mass is 303 g/mol. The molecule has 0 saturated carbocycles. The predicted octanol–water partition coefficient (Wildman–Crippen LogP) is 2.94. The van der Waals surface area contributed by atoms with Gasteiger partial charge in [-0.3, -0.25) is 4.99 Å². The zero-order valence-electron chi connectivity index (χ0n) is 14.1. The van der Waals surface area contributed by atoms with Gasteiger partial charge in [-0.25, -0.2) is 0 Å². The van der Waals surface area contributed by atoms with Crippen molar-refractivity contribution in [3.05, 3.63) is 29.8 Å². The number of methoxy groups -OCH3 is 1. The summed E-state index contributed by atoms with van der Waals surface area (Å²) in [5.74, 6) is 2.83. The lowest BCUT2D eigenvalue weighted by molar-refractivity contribution is 0.273. The average molecular weight is 303 g/mol. The van der Waals surface area contributed by atoms with Crippen LogP contribution in [0.4, 0.5) is 0 Å². The third-order valence-electron chi connectivity index (χ3n) is 4.38. The maximum atomic E-state index is 5.18. The zero-order valence-corrected chi connectivity index (χ0v) is 14.1. The Morgan fingerprint density at radius 3 is 2.55 bits per heavy atom. The molecule has 22 heavy (non-hydrogen) atoms. The molecule has 1 saturated heterocycles. The molecular weight excluding hydrogens is 274 g/mol. The van der Waals surface area contributed by atoms with Gasteiger partial charge < -0.3 is 15.0 Å². The van der Waals surface area contributed by atoms with Gasteiger partial charge in [-0.1, -0.05) is 19.1 Å². The second-order valence-electron chi connectivity index (χ2n) is 6.10. The summed E-state index contributed by atoms with van der Waals surface area (Å²) in [6, 6.07) is 8.33. The van der Waals surface area contributed by atoms with E-state index in [1.165, 1.54) is 18.4 Å². The molecule has 1 aliphatic rings. The fourth-order valence-electron chi connectivity index (χ4n) is 2.84. The van der Waals surface area contributed by atoms with Crippen LogP contribution in [0.2, 0.25) is 0 Å². The van der Waals surface area contributed by atoms with Gasteiger partial charge in [0.1, 0.15) is 5.75 Å². The van der Waals surface area contributed by atoms with Crippen LogP contribution in [0.25, 0.3) is 0 Å². The number of nitrogens with one attached hydrogen (secondary N) is 1. The number of aliphatic imine (C=N–C) groups is 1. The number of nitrogens with zero attached hydrogens (tertiary/aromatic N) is 2. The first-order valence-corrected chi connectivity index (χ1v) is 8.31. The number of guanidine groups is 1. The fourth-order valence-corrected chi connectivity index (χ4v) is 2.84. The molecule has 1 heterocycles. The lowest BCUT2D eigenvalue weighted by Crippen LogP contribution is -2.45. The molecule has 2 rings (SSSR count). The Balaban J connectivity index is 1.70. The number of hydrogen-bond acceptors (Lipinski definition) is 2. The molecule has 0 aromatic heterocycles. The summed E-state index contributed by atoms with van der Waals surface area (Å²) < 4.78 is 5.18. The Labute approximate surface area is 134 Å². The summed E-state index contributed by atoms with van der Waals surface area (Å²) in [7, 11) is 3.58. The Bertz CT molecular complexity index is 462. The highest BCUT2D eigenvalue weighted by Crippen LogP contribution is 2.16. The van der Waals surface area contributed by atoms with Crippen LogP contribution in [-0.4, -0.2) is 44.7 Å². The largest absolute Gasteiger partial charge is 0.497 e. The van der Waals surface area contributed by atoms with Crippen molar-refractivity contribution >= 4 is 5.96 Å². The molecular formula is C18H29N3O. The van der Waals surface area contributed by atoms with Crippen LogP contribution in [0.5, 0.6) is 5.75 Å². The smallest absolute Gasteiger partial charge is 0.193 e. The Kier molecular flexibility index (Phi) is 6.56. The number of likely N-dealkylation sites (tertiary alicyclic amines) is 1. The number of aryl methyl sites for hydroxylation is 1. The summed E-state index contributed by atoms with van der Waals surface area (Å²) in [6.07, 6.45) is 4.72. The van der Waals surface area contributed by atoms with Crippen LogP contribution in [0.15, 0.2) is 29.3 Å². The van der Waals surface area contributed by atoms with Gasteiger partial charge in [0.25, 0.3) is 0 Å². The number of piperidine rings is 1. The predicted molar refractivity (Wildman–Crippen MR) is 92.6 cm³/mol. The zero-order chi connectivity index (χ0) is 15.8. The highest BCUT2D eigenvalue weighted by atomic mass is 16.5. The fraction of sp³-hybridized carbons (Fsp3) is 0.611. The molecule has 0 bridgehead atoms. The number of hydrogen-bond donors (Lipinski definition) is 1. The molecule has 0 unspecified atom stereocenters. The van der Waals surface area contributed by atoms with E-state index in [0.29, 0.717) is 0 Å². The van der Waals surface area contributed by atoms with Gasteiger partial charge in [-0.15, -0.1) is 0 Å². The van der Waals surface area contributed by atoms with E-state index in [2.05, 4.69) is 34.3 Å². The van der Waals surface area contributed by atoms with E-state index >= 15 is 0 Å². The maximum absolute atomic E-state index is 5.18. The van der Waals surface area contributed by atoms with E-state index in [1.54, 1.807) is 7.11 Å². The van der Waals surface area contributed by atoms with Crippen LogP contribution in [0.3, 0.4) is 0 Å². The average Bonchev–Trinajstić information content (AvgIpc) is 2.56. The van der Waals surface area contributed by atoms with Crippen molar-refractivity contribution in [3.63, 3.8) is 0 Å². The molecule has 4 heteroatoms. The molecule has 4 nitrogen and oxygen atoms in total. The number of benzene rings is 1. The SMILES string of the molecule is CN=C(NCCCc1ccc(OC)cc1)N1CCC(C)CC1. The molecule has 1 aromatic rings. The first-order chi connectivity index (χ1) is 10.7. The van der Waals surface area contributed by atoms with Gasteiger partial charge in [0.15, 0.2) is 5.96 Å². The Morgan fingerprint density at radius 2 is 1.95 bits per heavy atom. The first-order valence-electron chi connectivity index (χ1n) is 8.31. The van der Waals surface area contributed by atoms with E-state index in [-0.39, 0.29) is 0 Å². The molecule has 0 amide bonds. The van der Waals surface area contributed by atoms with E-state index in [1.807, 2.05) is 19.2 Å². The third-order valence-corrected chi connectivity index (χ3v) is 4.38. The lowest BCUT2D eigenvalue weighted by atomic mass is 10.00. The van der Waals surface area contributed by atoms with Crippen molar-refractivity contribution in [1.82, 2.24) is 10.2 Å². The molecule has 1 aliphatic heterocycles. The standard InChI is InChI=1S/C18H29N3O/c1-15-10-13-21(14-11-15)18(19-2)20-12-4-5-16-6-8-17(22-3)9-7-16/h6-9,15H,4-5,10-14H2,1-3H3,(H,19,20). The van der Waals surface area contributed by atoms with Crippen LogP contribution in [-0.2, 0) is 6.42 Å². The van der Waals surface area contributed by atoms with Crippen molar-refractivity contribution in [2.75, 3.05) is 33.8 Å². The van der Waals surface area contributed by atoms with Gasteiger partial charge >= 0.3 is 0 Å². The summed E-state index contributed by atoms with van der Waals surface area (Å²) in [4.78, 5) is 6.80. The Morgan fingerprint density at radius 1 is 1.27 bits per heavy atom. The highest BCUT2D eigenvalue weighted by Gasteiger charge is 2.18. The second kappa shape index (κ2) is 8.66. The van der Waals surface area contributed by atoms with Gasteiger partial charge in [0, 0.05) is 26.7 Å². The van der Waals surface area contributed by atoms with Crippen LogP contribution >= 0.6 is 0 Å². The number of ether oxygens (including phenoxy) is 1. The highest BCUT2D eigenvalue weighted by molar-refractivity contribution is 5.79. The molecule has 0 radical (unpaired) electrons. The number of rotatable bonds is 5. The van der Waals surface area contributed by atoms with Crippen LogP contribution < -0.4 is 10.1 Å². The molecule has 0 aliphatic carbocycles. The quantitative estimate of drug-likeness (QED) is 0.516. The minimum atomic E-state index is 0.851. The molecule has 0 atom stereocenters. The molecule has 122 valence electrons. The summed E-state index contributed by atoms with van der Waals surface area (Å²) in [6.45, 7) is 5.55. The first kappa shape index (κ1) is 16.7. The van der Waals surface area contributed by atoms with Gasteiger partial charge in [0.2, 0.25) is 0 Å². The normalized spacial score (nSPS) is 16.7. The molecule has 1 N–H and O–H groups in total. The van der Waals surface area contributed by atoms with Crippen molar-refractivity contribution in [3.8, 4) is 5.75 Å². The van der Waals surface area contributed by atoms with E-state index in [0.717, 1.165) is 50.1 Å².